The quantitative estimate of drug-likeness (QED) is 0.565. The van der Waals surface area contributed by atoms with E-state index in [1.807, 2.05) is 6.92 Å². The summed E-state index contributed by atoms with van der Waals surface area (Å²) in [5.74, 6) is -2.45. The van der Waals surface area contributed by atoms with Crippen LogP contribution in [0.25, 0.3) is 0 Å². The zero-order valence-corrected chi connectivity index (χ0v) is 11.1. The molecule has 1 unspecified atom stereocenters. The molecular weight excluding hydrogens is 258 g/mol. The highest BCUT2D eigenvalue weighted by atomic mass is 32.2. The van der Waals surface area contributed by atoms with Crippen LogP contribution in [0.3, 0.4) is 0 Å². The van der Waals surface area contributed by atoms with Gasteiger partial charge in [-0.2, -0.15) is 0 Å². The summed E-state index contributed by atoms with van der Waals surface area (Å²) in [5, 5.41) is 0. The van der Waals surface area contributed by atoms with Crippen LogP contribution in [0.2, 0.25) is 0 Å². The van der Waals surface area contributed by atoms with Crippen molar-refractivity contribution in [2.24, 2.45) is 0 Å². The molecule has 2 nitrogen and oxygen atoms in total. The van der Waals surface area contributed by atoms with Gasteiger partial charge in [0.2, 0.25) is 0 Å². The molecule has 0 saturated carbocycles. The number of hydrogen-bond acceptors (Lipinski definition) is 2. The lowest BCUT2D eigenvalue weighted by atomic mass is 10.1. The maximum Gasteiger partial charge on any atom is 0.181 e. The molecule has 0 spiro atoms. The first kappa shape index (κ1) is 15.0. The minimum Gasteiger partial charge on any atom is -0.293 e. The lowest BCUT2D eigenvalue weighted by Crippen LogP contribution is -2.16. The molecule has 1 aromatic rings. The van der Waals surface area contributed by atoms with Crippen LogP contribution in [0, 0.1) is 11.6 Å². The second kappa shape index (κ2) is 7.36. The fraction of sp³-hybridized carbons (Fsp3) is 0.462. The van der Waals surface area contributed by atoms with Crippen LogP contribution in [-0.4, -0.2) is 21.5 Å². The minimum absolute atomic E-state index is 0.318. The molecule has 0 N–H and O–H groups in total. The molecule has 1 aromatic carbocycles. The third-order valence-electron chi connectivity index (χ3n) is 2.51. The summed E-state index contributed by atoms with van der Waals surface area (Å²) in [4.78, 5) is 11.7. The first-order valence-electron chi connectivity index (χ1n) is 5.88. The number of carbonyl (C=O) groups excluding carboxylic acids is 1. The molecule has 5 heteroatoms. The fourth-order valence-electron chi connectivity index (χ4n) is 1.57. The molecule has 18 heavy (non-hydrogen) atoms. The largest absolute Gasteiger partial charge is 0.293 e. The Bertz CT molecular complexity index is 426. The van der Waals surface area contributed by atoms with Gasteiger partial charge in [-0.05, 0) is 18.6 Å². The van der Waals surface area contributed by atoms with E-state index >= 15 is 0 Å². The van der Waals surface area contributed by atoms with Crippen LogP contribution < -0.4 is 0 Å². The van der Waals surface area contributed by atoms with Crippen molar-refractivity contribution in [3.05, 3.63) is 35.4 Å². The second-order valence-corrected chi connectivity index (χ2v) is 5.59. The SMILES string of the molecule is CCCCCS(=O)CC(=O)c1c(F)cccc1F. The van der Waals surface area contributed by atoms with Gasteiger partial charge >= 0.3 is 0 Å². The van der Waals surface area contributed by atoms with Gasteiger partial charge in [-0.25, -0.2) is 8.78 Å². The van der Waals surface area contributed by atoms with E-state index in [9.17, 15) is 17.8 Å². The Labute approximate surface area is 108 Å². The third-order valence-corrected chi connectivity index (χ3v) is 3.84. The highest BCUT2D eigenvalue weighted by Gasteiger charge is 2.18. The Morgan fingerprint density at radius 3 is 2.39 bits per heavy atom. The summed E-state index contributed by atoms with van der Waals surface area (Å²) in [5.41, 5.74) is -0.582. The number of halogens is 2. The van der Waals surface area contributed by atoms with Gasteiger partial charge in [0.25, 0.3) is 0 Å². The lowest BCUT2D eigenvalue weighted by Gasteiger charge is -2.04. The molecule has 0 amide bonds. The van der Waals surface area contributed by atoms with E-state index in [-0.39, 0.29) is 5.75 Å². The molecule has 100 valence electrons. The number of ketones is 1. The van der Waals surface area contributed by atoms with Gasteiger partial charge in [0.05, 0.1) is 11.3 Å². The van der Waals surface area contributed by atoms with Gasteiger partial charge in [-0.15, -0.1) is 0 Å². The van der Waals surface area contributed by atoms with E-state index < -0.39 is 33.8 Å². The zero-order valence-electron chi connectivity index (χ0n) is 10.2. The van der Waals surface area contributed by atoms with E-state index in [0.717, 1.165) is 31.4 Å². The summed E-state index contributed by atoms with van der Waals surface area (Å²) >= 11 is 0. The molecule has 0 fully saturated rings. The van der Waals surface area contributed by atoms with Gasteiger partial charge < -0.3 is 0 Å². The van der Waals surface area contributed by atoms with Gasteiger partial charge in [-0.1, -0.05) is 25.8 Å². The predicted octanol–water partition coefficient (Wildman–Crippen LogP) is 3.09. The Morgan fingerprint density at radius 1 is 1.22 bits per heavy atom. The average Bonchev–Trinajstić information content (AvgIpc) is 2.29. The third kappa shape index (κ3) is 4.29. The molecule has 0 aliphatic heterocycles. The normalized spacial score (nSPS) is 12.4. The molecule has 0 bridgehead atoms. The van der Waals surface area contributed by atoms with Crippen LogP contribution in [-0.2, 0) is 10.8 Å². The van der Waals surface area contributed by atoms with Gasteiger partial charge in [0, 0.05) is 16.6 Å². The fourth-order valence-corrected chi connectivity index (χ4v) is 2.68. The number of benzene rings is 1. The molecule has 0 radical (unpaired) electrons. The van der Waals surface area contributed by atoms with Crippen molar-refractivity contribution in [3.8, 4) is 0 Å². The van der Waals surface area contributed by atoms with Crippen molar-refractivity contribution in [3.63, 3.8) is 0 Å². The van der Waals surface area contributed by atoms with Crippen LogP contribution in [0.1, 0.15) is 36.5 Å². The monoisotopic (exact) mass is 274 g/mol. The smallest absolute Gasteiger partial charge is 0.181 e. The van der Waals surface area contributed by atoms with Crippen molar-refractivity contribution >= 4 is 16.6 Å². The lowest BCUT2D eigenvalue weighted by molar-refractivity contribution is 0.101. The minimum atomic E-state index is -1.35. The molecule has 1 rings (SSSR count). The Hall–Kier alpha value is -1.10. The Morgan fingerprint density at radius 2 is 1.83 bits per heavy atom. The molecular formula is C13H16F2O2S. The number of rotatable bonds is 7. The molecule has 0 aliphatic carbocycles. The van der Waals surface area contributed by atoms with Crippen LogP contribution in [0.5, 0.6) is 0 Å². The van der Waals surface area contributed by atoms with Crippen LogP contribution in [0.4, 0.5) is 8.78 Å². The summed E-state index contributed by atoms with van der Waals surface area (Å²) in [7, 11) is -1.35. The van der Waals surface area contributed by atoms with Crippen molar-refractivity contribution in [1.29, 1.82) is 0 Å². The van der Waals surface area contributed by atoms with E-state index in [2.05, 4.69) is 0 Å². The van der Waals surface area contributed by atoms with Gasteiger partial charge in [0.15, 0.2) is 5.78 Å². The predicted molar refractivity (Wildman–Crippen MR) is 68.1 cm³/mol. The molecule has 0 saturated heterocycles. The first-order valence-corrected chi connectivity index (χ1v) is 7.37. The summed E-state index contributed by atoms with van der Waals surface area (Å²) in [6, 6.07) is 3.24. The second-order valence-electron chi connectivity index (χ2n) is 4.02. The van der Waals surface area contributed by atoms with Crippen LogP contribution in [0.15, 0.2) is 18.2 Å². The van der Waals surface area contributed by atoms with Gasteiger partial charge in [-0.3, -0.25) is 9.00 Å². The van der Waals surface area contributed by atoms with Gasteiger partial charge in [0.1, 0.15) is 11.6 Å². The van der Waals surface area contributed by atoms with E-state index in [4.69, 9.17) is 0 Å². The van der Waals surface area contributed by atoms with Crippen molar-refractivity contribution < 1.29 is 17.8 Å². The molecule has 0 aromatic heterocycles. The first-order chi connectivity index (χ1) is 8.56. The zero-order chi connectivity index (χ0) is 13.5. The highest BCUT2D eigenvalue weighted by molar-refractivity contribution is 7.85. The molecule has 0 heterocycles. The van der Waals surface area contributed by atoms with Crippen molar-refractivity contribution in [2.45, 2.75) is 26.2 Å². The topological polar surface area (TPSA) is 34.1 Å². The number of carbonyl (C=O) groups is 1. The maximum absolute atomic E-state index is 13.3. The Kier molecular flexibility index (Phi) is 6.12. The summed E-state index contributed by atoms with van der Waals surface area (Å²) in [6.07, 6.45) is 2.69. The van der Waals surface area contributed by atoms with E-state index in [1.54, 1.807) is 0 Å². The standard InChI is InChI=1S/C13H16F2O2S/c1-2-3-4-8-18(17)9-12(16)13-10(14)6-5-7-11(13)15/h5-7H,2-4,8-9H2,1H3. The number of hydrogen-bond donors (Lipinski definition) is 0. The average molecular weight is 274 g/mol. The molecule has 1 atom stereocenters. The summed E-state index contributed by atoms with van der Waals surface area (Å²) < 4.78 is 38.2. The highest BCUT2D eigenvalue weighted by Crippen LogP contribution is 2.13. The Balaban J connectivity index is 2.63. The summed E-state index contributed by atoms with van der Waals surface area (Å²) in [6.45, 7) is 2.02. The maximum atomic E-state index is 13.3. The number of unbranched alkanes of at least 4 members (excludes halogenated alkanes) is 2. The van der Waals surface area contributed by atoms with E-state index in [0.29, 0.717) is 5.75 Å². The molecule has 0 aliphatic rings. The van der Waals surface area contributed by atoms with Crippen molar-refractivity contribution in [2.75, 3.05) is 11.5 Å². The van der Waals surface area contributed by atoms with Crippen LogP contribution >= 0.6 is 0 Å². The van der Waals surface area contributed by atoms with Crippen molar-refractivity contribution in [1.82, 2.24) is 0 Å². The number of Topliss-reactive ketones (excluding diaryl/α,β-unsaturated/α-hetero) is 1. The van der Waals surface area contributed by atoms with E-state index in [1.165, 1.54) is 6.07 Å².